The molecule has 0 aliphatic rings. The van der Waals surface area contributed by atoms with Crippen LogP contribution in [0.3, 0.4) is 0 Å². The van der Waals surface area contributed by atoms with E-state index in [1.54, 1.807) is 0 Å². The van der Waals surface area contributed by atoms with Gasteiger partial charge < -0.3 is 8.85 Å². The highest BCUT2D eigenvalue weighted by molar-refractivity contribution is 6.34. The average molecular weight is 483 g/mol. The molecule has 0 aliphatic carbocycles. The highest BCUT2D eigenvalue weighted by Gasteiger charge is 2.15. The Morgan fingerprint density at radius 1 is 0.412 bits per heavy atom. The molecule has 0 atom stereocenters. The third-order valence-corrected chi connectivity index (χ3v) is 9.83. The summed E-state index contributed by atoms with van der Waals surface area (Å²) < 4.78 is 12.6. The van der Waals surface area contributed by atoms with Crippen molar-refractivity contribution in [3.8, 4) is 0 Å². The molecule has 0 saturated heterocycles. The van der Waals surface area contributed by atoms with Gasteiger partial charge in [0.2, 0.25) is 0 Å². The lowest BCUT2D eigenvalue weighted by Crippen LogP contribution is -2.14. The van der Waals surface area contributed by atoms with Gasteiger partial charge in [-0.15, -0.1) is 0 Å². The largest absolute Gasteiger partial charge is 0.423 e. The Morgan fingerprint density at radius 3 is 0.941 bits per heavy atom. The van der Waals surface area contributed by atoms with Crippen LogP contribution in [0.5, 0.6) is 0 Å². The van der Waals surface area contributed by atoms with E-state index in [4.69, 9.17) is 8.85 Å². The van der Waals surface area contributed by atoms with Crippen molar-refractivity contribution in [3.05, 3.63) is 144 Å². The molecule has 4 rings (SSSR count). The predicted molar refractivity (Wildman–Crippen MR) is 148 cm³/mol. The standard InChI is InChI=1S/C30H34O2Si2/c1-5-13-25(14-6-1)29(26-15-7-2-8-16-26)23-31-33-21-22-34-32-24-30(27-17-9-3-10-18-27)28-19-11-4-12-20-28/h1-20,29-30H,21-24,33-34H2. The topological polar surface area (TPSA) is 18.5 Å². The summed E-state index contributed by atoms with van der Waals surface area (Å²) in [5.74, 6) is 0.613. The van der Waals surface area contributed by atoms with Crippen molar-refractivity contribution in [2.24, 2.45) is 0 Å². The van der Waals surface area contributed by atoms with Gasteiger partial charge in [0.05, 0.1) is 0 Å². The first-order valence-electron chi connectivity index (χ1n) is 12.3. The predicted octanol–water partition coefficient (Wildman–Crippen LogP) is 5.69. The lowest BCUT2D eigenvalue weighted by Gasteiger charge is -2.19. The van der Waals surface area contributed by atoms with Crippen LogP contribution >= 0.6 is 0 Å². The monoisotopic (exact) mass is 482 g/mol. The molecule has 0 aromatic heterocycles. The number of rotatable bonds is 13. The Hall–Kier alpha value is -2.77. The Balaban J connectivity index is 1.21. The molecular weight excluding hydrogens is 449 g/mol. The normalized spacial score (nSPS) is 11.9. The third-order valence-electron chi connectivity index (χ3n) is 6.20. The Kier molecular flexibility index (Phi) is 9.90. The lowest BCUT2D eigenvalue weighted by molar-refractivity contribution is 0.314. The van der Waals surface area contributed by atoms with E-state index in [-0.39, 0.29) is 0 Å². The van der Waals surface area contributed by atoms with Crippen molar-refractivity contribution >= 4 is 19.5 Å². The van der Waals surface area contributed by atoms with Crippen LogP contribution in [-0.2, 0) is 8.85 Å². The van der Waals surface area contributed by atoms with Crippen LogP contribution in [0.2, 0.25) is 12.1 Å². The Labute approximate surface area is 208 Å². The van der Waals surface area contributed by atoms with Crippen LogP contribution in [0.1, 0.15) is 34.1 Å². The van der Waals surface area contributed by atoms with E-state index in [1.807, 2.05) is 0 Å². The summed E-state index contributed by atoms with van der Waals surface area (Å²) in [5.41, 5.74) is 5.31. The highest BCUT2D eigenvalue weighted by atomic mass is 28.2. The van der Waals surface area contributed by atoms with E-state index in [0.29, 0.717) is 11.8 Å². The van der Waals surface area contributed by atoms with Crippen molar-refractivity contribution in [2.45, 2.75) is 23.9 Å². The van der Waals surface area contributed by atoms with Gasteiger partial charge in [-0.1, -0.05) is 121 Å². The van der Waals surface area contributed by atoms with Gasteiger partial charge in [-0.2, -0.15) is 0 Å². The second-order valence-corrected chi connectivity index (χ2v) is 11.7. The van der Waals surface area contributed by atoms with Gasteiger partial charge in [-0.05, 0) is 34.3 Å². The first-order chi connectivity index (χ1) is 16.9. The smallest absolute Gasteiger partial charge is 0.161 e. The van der Waals surface area contributed by atoms with Crippen LogP contribution < -0.4 is 0 Å². The molecule has 0 amide bonds. The zero-order valence-corrected chi connectivity index (χ0v) is 22.6. The maximum absolute atomic E-state index is 6.28. The van der Waals surface area contributed by atoms with E-state index in [0.717, 1.165) is 13.2 Å². The summed E-state index contributed by atoms with van der Waals surface area (Å²) >= 11 is 0. The number of hydrogen-bond acceptors (Lipinski definition) is 2. The van der Waals surface area contributed by atoms with Gasteiger partial charge in [-0.3, -0.25) is 0 Å². The Morgan fingerprint density at radius 2 is 0.676 bits per heavy atom. The van der Waals surface area contributed by atoms with E-state index < -0.39 is 19.5 Å². The van der Waals surface area contributed by atoms with Crippen molar-refractivity contribution < 1.29 is 8.85 Å². The minimum Gasteiger partial charge on any atom is -0.423 e. The zero-order chi connectivity index (χ0) is 23.3. The summed E-state index contributed by atoms with van der Waals surface area (Å²) in [6.45, 7) is 1.54. The molecule has 4 aromatic rings. The van der Waals surface area contributed by atoms with Crippen LogP contribution in [-0.4, -0.2) is 32.7 Å². The van der Waals surface area contributed by atoms with Crippen LogP contribution in [0.25, 0.3) is 0 Å². The third kappa shape index (κ3) is 7.37. The maximum Gasteiger partial charge on any atom is 0.161 e. The maximum atomic E-state index is 6.28. The van der Waals surface area contributed by atoms with Crippen molar-refractivity contribution in [3.63, 3.8) is 0 Å². The Bertz CT molecular complexity index is 892. The molecule has 0 radical (unpaired) electrons. The van der Waals surface area contributed by atoms with E-state index in [1.165, 1.54) is 34.3 Å². The van der Waals surface area contributed by atoms with E-state index >= 15 is 0 Å². The van der Waals surface area contributed by atoms with Gasteiger partial charge >= 0.3 is 0 Å². The zero-order valence-electron chi connectivity index (χ0n) is 19.8. The van der Waals surface area contributed by atoms with E-state index in [2.05, 4.69) is 121 Å². The first-order valence-corrected chi connectivity index (χ1v) is 15.4. The van der Waals surface area contributed by atoms with Gasteiger partial charge in [0, 0.05) is 25.0 Å². The van der Waals surface area contributed by atoms with Gasteiger partial charge in [0.15, 0.2) is 19.5 Å². The first kappa shape index (κ1) is 24.4. The van der Waals surface area contributed by atoms with Crippen LogP contribution in [0, 0.1) is 0 Å². The molecule has 34 heavy (non-hydrogen) atoms. The van der Waals surface area contributed by atoms with Crippen LogP contribution in [0.15, 0.2) is 121 Å². The second-order valence-electron chi connectivity index (χ2n) is 8.60. The molecule has 0 bridgehead atoms. The molecule has 4 heteroatoms. The number of benzene rings is 4. The second kappa shape index (κ2) is 13.8. The minimum atomic E-state index is -0.535. The molecule has 0 saturated carbocycles. The summed E-state index contributed by atoms with van der Waals surface area (Å²) in [5, 5.41) is 0. The molecule has 0 aliphatic heterocycles. The molecule has 0 N–H and O–H groups in total. The quantitative estimate of drug-likeness (QED) is 0.180. The minimum absolute atomic E-state index is 0.306. The van der Waals surface area contributed by atoms with Gasteiger partial charge in [0.1, 0.15) is 0 Å². The van der Waals surface area contributed by atoms with Crippen molar-refractivity contribution in [1.29, 1.82) is 0 Å². The van der Waals surface area contributed by atoms with Crippen molar-refractivity contribution in [2.75, 3.05) is 13.2 Å². The number of hydrogen-bond donors (Lipinski definition) is 0. The van der Waals surface area contributed by atoms with Gasteiger partial charge in [0.25, 0.3) is 0 Å². The highest BCUT2D eigenvalue weighted by Crippen LogP contribution is 2.26. The summed E-state index contributed by atoms with van der Waals surface area (Å²) in [6, 6.07) is 45.3. The fourth-order valence-electron chi connectivity index (χ4n) is 4.32. The average Bonchev–Trinajstić information content (AvgIpc) is 2.92. The van der Waals surface area contributed by atoms with Crippen molar-refractivity contribution in [1.82, 2.24) is 0 Å². The molecule has 174 valence electrons. The van der Waals surface area contributed by atoms with E-state index in [9.17, 15) is 0 Å². The summed E-state index contributed by atoms with van der Waals surface area (Å²) in [6.07, 6.45) is 0. The SMILES string of the molecule is c1ccc(C(CO[SiH2]CC[SiH2]OCC(c2ccccc2)c2ccccc2)c2ccccc2)cc1. The summed E-state index contributed by atoms with van der Waals surface area (Å²) in [7, 11) is -1.07. The molecule has 4 aromatic carbocycles. The fraction of sp³-hybridized carbons (Fsp3) is 0.200. The van der Waals surface area contributed by atoms with Crippen LogP contribution in [0.4, 0.5) is 0 Å². The molecule has 0 fully saturated rings. The molecule has 0 spiro atoms. The molecular formula is C30H34O2Si2. The lowest BCUT2D eigenvalue weighted by atomic mass is 9.92. The summed E-state index contributed by atoms with van der Waals surface area (Å²) in [4.78, 5) is 0. The molecule has 0 unspecified atom stereocenters. The fourth-order valence-corrected chi connectivity index (χ4v) is 7.17. The molecule has 0 heterocycles. The molecule has 2 nitrogen and oxygen atoms in total. The van der Waals surface area contributed by atoms with Gasteiger partial charge in [-0.25, -0.2) is 0 Å².